The Labute approximate surface area is 136 Å². The van der Waals surface area contributed by atoms with Gasteiger partial charge in [-0.05, 0) is 68.4 Å². The zero-order chi connectivity index (χ0) is 15.6. The first kappa shape index (κ1) is 19.9. The van der Waals surface area contributed by atoms with Crippen LogP contribution >= 0.6 is 22.6 Å². The fraction of sp³-hybridized carbons (Fsp3) is 0.923. The van der Waals surface area contributed by atoms with Crippen molar-refractivity contribution in [2.24, 2.45) is 4.40 Å². The third-order valence-corrected chi connectivity index (χ3v) is 10.9. The van der Waals surface area contributed by atoms with E-state index in [1.807, 2.05) is 27.7 Å². The van der Waals surface area contributed by atoms with Gasteiger partial charge in [-0.2, -0.15) is 0 Å². The number of alkyl halides is 1. The van der Waals surface area contributed by atoms with Crippen molar-refractivity contribution in [1.29, 1.82) is 0 Å². The maximum absolute atomic E-state index is 12.0. The molecule has 0 aliphatic heterocycles. The molecule has 0 aromatic heterocycles. The van der Waals surface area contributed by atoms with E-state index < -0.39 is 19.7 Å². The van der Waals surface area contributed by atoms with Crippen molar-refractivity contribution in [2.45, 2.75) is 75.5 Å². The van der Waals surface area contributed by atoms with Crippen LogP contribution < -0.4 is 0 Å². The molecule has 0 aromatic rings. The average molecular weight is 417 g/mol. The number of halogens is 1. The second-order valence-corrected chi connectivity index (χ2v) is 15.1. The zero-order valence-electron chi connectivity index (χ0n) is 13.6. The quantitative estimate of drug-likeness (QED) is 0.219. The number of hydrogen-bond acceptors (Lipinski definition) is 3. The Kier molecular flexibility index (Phi) is 7.08. The molecule has 3 nitrogen and oxygen atoms in total. The molecule has 0 saturated carbocycles. The maximum Gasteiger partial charge on any atom is 0.194 e. The van der Waals surface area contributed by atoms with Gasteiger partial charge in [0.05, 0.1) is 0 Å². The van der Waals surface area contributed by atoms with Crippen LogP contribution in [0.4, 0.5) is 0 Å². The van der Waals surface area contributed by atoms with Crippen LogP contribution in [0.5, 0.6) is 0 Å². The van der Waals surface area contributed by atoms with Crippen LogP contribution in [-0.4, -0.2) is 27.4 Å². The predicted molar refractivity (Wildman–Crippen MR) is 97.1 cm³/mol. The van der Waals surface area contributed by atoms with Gasteiger partial charge < -0.3 is 8.98 Å². The van der Waals surface area contributed by atoms with Gasteiger partial charge in [-0.15, -0.1) is 0 Å². The molecule has 0 N–H and O–H groups in total. The van der Waals surface area contributed by atoms with Gasteiger partial charge in [0.2, 0.25) is 0 Å². The van der Waals surface area contributed by atoms with Gasteiger partial charge >= 0.3 is 0 Å². The van der Waals surface area contributed by atoms with Crippen LogP contribution in [-0.2, 0) is 15.8 Å². The van der Waals surface area contributed by atoms with Crippen LogP contribution in [0.25, 0.3) is 0 Å². The Morgan fingerprint density at radius 3 is 1.95 bits per heavy atom. The Balaban J connectivity index is 4.86. The largest absolute Gasteiger partial charge is 0.591 e. The van der Waals surface area contributed by atoms with Crippen LogP contribution in [0, 0.1) is 0 Å². The number of rotatable bonds is 4. The van der Waals surface area contributed by atoms with Crippen molar-refractivity contribution in [2.75, 3.05) is 0 Å². The number of nitrogens with zero attached hydrogens (tertiary/aromatic N) is 1. The van der Waals surface area contributed by atoms with E-state index in [0.717, 1.165) is 5.71 Å². The van der Waals surface area contributed by atoms with Crippen molar-refractivity contribution >= 4 is 48.0 Å². The Hall–Kier alpha value is 0.887. The Morgan fingerprint density at radius 1 is 1.21 bits per heavy atom. The summed E-state index contributed by atoms with van der Waals surface area (Å²) >= 11 is 1.02. The fourth-order valence-corrected chi connectivity index (χ4v) is 4.74. The molecular weight excluding hydrogens is 389 g/mol. The second kappa shape index (κ2) is 6.77. The van der Waals surface area contributed by atoms with Crippen LogP contribution in [0.15, 0.2) is 4.40 Å². The Bertz CT molecular complexity index is 335. The molecule has 114 valence electrons. The van der Waals surface area contributed by atoms with E-state index in [1.54, 1.807) is 0 Å². The molecule has 0 aliphatic carbocycles. The lowest BCUT2D eigenvalue weighted by molar-refractivity contribution is 0.325. The standard InChI is InChI=1S/C13H28INO2SSi/c1-10(15-18(16)12(2,3)4)11(14)17-19(8,9)13(5,6)7/h11H,1-9H3. The van der Waals surface area contributed by atoms with Crippen molar-refractivity contribution in [3.63, 3.8) is 0 Å². The monoisotopic (exact) mass is 417 g/mol. The molecule has 0 radical (unpaired) electrons. The summed E-state index contributed by atoms with van der Waals surface area (Å²) in [5.74, 6) is 0. The smallest absolute Gasteiger partial charge is 0.194 e. The Morgan fingerprint density at radius 2 is 1.63 bits per heavy atom. The van der Waals surface area contributed by atoms with E-state index in [-0.39, 0.29) is 13.9 Å². The molecular formula is C13H28INO2SSi. The van der Waals surface area contributed by atoms with E-state index in [0.29, 0.717) is 0 Å². The second-order valence-electron chi connectivity index (χ2n) is 7.29. The highest BCUT2D eigenvalue weighted by Gasteiger charge is 2.39. The molecule has 2 atom stereocenters. The molecule has 0 spiro atoms. The van der Waals surface area contributed by atoms with Gasteiger partial charge in [-0.3, -0.25) is 0 Å². The highest BCUT2D eigenvalue weighted by molar-refractivity contribution is 14.1. The van der Waals surface area contributed by atoms with Gasteiger partial charge in [0.25, 0.3) is 0 Å². The molecule has 0 fully saturated rings. The van der Waals surface area contributed by atoms with Gasteiger partial charge in [0.1, 0.15) is 25.9 Å². The SMILES string of the molecule is CC(=N[S+]([O-])C(C)(C)C)C(I)O[Si](C)(C)C(C)(C)C. The van der Waals surface area contributed by atoms with Gasteiger partial charge in [0.15, 0.2) is 8.32 Å². The summed E-state index contributed by atoms with van der Waals surface area (Å²) in [6, 6.07) is 0. The van der Waals surface area contributed by atoms with Crippen molar-refractivity contribution in [3.8, 4) is 0 Å². The van der Waals surface area contributed by atoms with Crippen molar-refractivity contribution in [1.82, 2.24) is 0 Å². The molecule has 6 heteroatoms. The summed E-state index contributed by atoms with van der Waals surface area (Å²) < 4.78 is 22.1. The van der Waals surface area contributed by atoms with Gasteiger partial charge in [-0.1, -0.05) is 25.2 Å². The third kappa shape index (κ3) is 6.45. The summed E-state index contributed by atoms with van der Waals surface area (Å²) in [5.41, 5.74) is 0.804. The van der Waals surface area contributed by atoms with E-state index in [4.69, 9.17) is 4.43 Å². The van der Waals surface area contributed by atoms with Crippen molar-refractivity contribution in [3.05, 3.63) is 0 Å². The molecule has 0 saturated heterocycles. The average Bonchev–Trinajstić information content (AvgIpc) is 2.13. The number of hydrogen-bond donors (Lipinski definition) is 0. The summed E-state index contributed by atoms with van der Waals surface area (Å²) in [4.78, 5) is 0. The molecule has 0 aromatic carbocycles. The normalized spacial score (nSPS) is 18.4. The molecule has 0 amide bonds. The van der Waals surface area contributed by atoms with Crippen LogP contribution in [0.3, 0.4) is 0 Å². The highest BCUT2D eigenvalue weighted by Crippen LogP contribution is 2.38. The van der Waals surface area contributed by atoms with E-state index in [1.165, 1.54) is 0 Å². The summed E-state index contributed by atoms with van der Waals surface area (Å²) in [5, 5.41) is 0.167. The highest BCUT2D eigenvalue weighted by atomic mass is 127. The first-order valence-electron chi connectivity index (χ1n) is 6.47. The minimum atomic E-state index is -1.81. The maximum atomic E-state index is 12.0. The molecule has 0 aliphatic rings. The summed E-state index contributed by atoms with van der Waals surface area (Å²) in [6.45, 7) is 18.7. The topological polar surface area (TPSA) is 44.7 Å². The van der Waals surface area contributed by atoms with E-state index >= 15 is 0 Å². The lowest BCUT2D eigenvalue weighted by Crippen LogP contribution is -2.44. The lowest BCUT2D eigenvalue weighted by Gasteiger charge is -2.37. The summed E-state index contributed by atoms with van der Waals surface area (Å²) in [6.07, 6.45) is 0. The first-order chi connectivity index (χ1) is 8.18. The van der Waals surface area contributed by atoms with Crippen LogP contribution in [0.2, 0.25) is 18.1 Å². The molecule has 0 rings (SSSR count). The molecule has 19 heavy (non-hydrogen) atoms. The molecule has 0 heterocycles. The molecule has 0 bridgehead atoms. The van der Waals surface area contributed by atoms with Gasteiger partial charge in [-0.25, -0.2) is 0 Å². The van der Waals surface area contributed by atoms with E-state index in [2.05, 4.69) is 60.9 Å². The van der Waals surface area contributed by atoms with E-state index in [9.17, 15) is 4.55 Å². The first-order valence-corrected chi connectivity index (χ1v) is 11.7. The summed E-state index contributed by atoms with van der Waals surface area (Å²) in [7, 11) is -1.81. The third-order valence-electron chi connectivity index (χ3n) is 3.28. The fourth-order valence-electron chi connectivity index (χ4n) is 0.830. The van der Waals surface area contributed by atoms with Gasteiger partial charge in [0, 0.05) is 0 Å². The van der Waals surface area contributed by atoms with Crippen LogP contribution in [0.1, 0.15) is 48.5 Å². The van der Waals surface area contributed by atoms with Crippen molar-refractivity contribution < 1.29 is 8.98 Å². The predicted octanol–water partition coefficient (Wildman–Crippen LogP) is 4.69. The lowest BCUT2D eigenvalue weighted by atomic mass is 10.2. The molecule has 2 unspecified atom stereocenters. The minimum Gasteiger partial charge on any atom is -0.591 e. The zero-order valence-corrected chi connectivity index (χ0v) is 17.6. The minimum absolute atomic E-state index is 0.107.